The van der Waals surface area contributed by atoms with Gasteiger partial charge in [-0.25, -0.2) is 9.67 Å². The highest BCUT2D eigenvalue weighted by Gasteiger charge is 2.23. The molecule has 1 saturated heterocycles. The van der Waals surface area contributed by atoms with Crippen LogP contribution in [0.15, 0.2) is 24.3 Å². The van der Waals surface area contributed by atoms with Gasteiger partial charge in [0.15, 0.2) is 0 Å². The van der Waals surface area contributed by atoms with Crippen LogP contribution in [0.4, 0.5) is 0 Å². The minimum Gasteiger partial charge on any atom is -0.492 e. The molecule has 1 aromatic carbocycles. The fourth-order valence-electron chi connectivity index (χ4n) is 3.43. The fraction of sp³-hybridized carbons (Fsp3) is 0.526. The van der Waals surface area contributed by atoms with Gasteiger partial charge in [0, 0.05) is 12.6 Å². The lowest BCUT2D eigenvalue weighted by atomic mass is 10.0. The van der Waals surface area contributed by atoms with E-state index in [1.54, 1.807) is 12.1 Å². The molecule has 0 aliphatic carbocycles. The van der Waals surface area contributed by atoms with E-state index in [9.17, 15) is 0 Å². The lowest BCUT2D eigenvalue weighted by molar-refractivity contribution is 0.108. The summed E-state index contributed by atoms with van der Waals surface area (Å²) in [4.78, 5) is 6.90. The van der Waals surface area contributed by atoms with Gasteiger partial charge in [0.05, 0.1) is 18.2 Å². The lowest BCUT2D eigenvalue weighted by Gasteiger charge is -2.35. The summed E-state index contributed by atoms with van der Waals surface area (Å²) in [6.07, 6.45) is 3.68. The Morgan fingerprint density at radius 1 is 1.32 bits per heavy atom. The van der Waals surface area contributed by atoms with Gasteiger partial charge in [-0.2, -0.15) is 10.4 Å². The van der Waals surface area contributed by atoms with Crippen LogP contribution in [0.3, 0.4) is 0 Å². The Morgan fingerprint density at radius 2 is 2.20 bits per heavy atom. The van der Waals surface area contributed by atoms with E-state index < -0.39 is 0 Å². The van der Waals surface area contributed by atoms with E-state index in [1.807, 2.05) is 30.7 Å². The number of rotatable bonds is 6. The molecule has 1 fully saturated rings. The standard InChI is InChI=1S/C19H25N5O/c1-15-21-16(2)24(22-15)14-18-7-3-4-9-23(18)10-11-25-19-8-5-6-17(12-19)13-20/h5-6,8,12,18H,3-4,7,9-11,14H2,1-2H3/t18-/m0/s1. The number of aryl methyl sites for hydroxylation is 2. The van der Waals surface area contributed by atoms with Gasteiger partial charge in [-0.1, -0.05) is 12.5 Å². The van der Waals surface area contributed by atoms with Crippen molar-refractivity contribution in [1.82, 2.24) is 19.7 Å². The van der Waals surface area contributed by atoms with Crippen LogP contribution in [0, 0.1) is 25.2 Å². The number of ether oxygens (including phenoxy) is 1. The molecular weight excluding hydrogens is 314 g/mol. The van der Waals surface area contributed by atoms with E-state index in [0.717, 1.165) is 37.0 Å². The summed E-state index contributed by atoms with van der Waals surface area (Å²) in [5.74, 6) is 2.57. The second-order valence-corrected chi connectivity index (χ2v) is 6.56. The first kappa shape index (κ1) is 17.4. The molecule has 1 aliphatic heterocycles. The highest BCUT2D eigenvalue weighted by atomic mass is 16.5. The molecule has 6 heteroatoms. The fourth-order valence-corrected chi connectivity index (χ4v) is 3.43. The van der Waals surface area contributed by atoms with Gasteiger partial charge >= 0.3 is 0 Å². The number of nitrogens with zero attached hydrogens (tertiary/aromatic N) is 5. The van der Waals surface area contributed by atoms with Gasteiger partial charge in [-0.3, -0.25) is 4.90 Å². The predicted octanol–water partition coefficient (Wildman–Crippen LogP) is 2.70. The SMILES string of the molecule is Cc1nc(C)n(C[C@@H]2CCCCN2CCOc2cccc(C#N)c2)n1. The van der Waals surface area contributed by atoms with Crippen LogP contribution in [0.2, 0.25) is 0 Å². The number of nitriles is 1. The third kappa shape index (κ3) is 4.58. The molecule has 0 saturated carbocycles. The third-order valence-electron chi connectivity index (χ3n) is 4.71. The van der Waals surface area contributed by atoms with Crippen LogP contribution in [0.1, 0.15) is 36.5 Å². The molecule has 0 spiro atoms. The summed E-state index contributed by atoms with van der Waals surface area (Å²) >= 11 is 0. The van der Waals surface area contributed by atoms with Crippen molar-refractivity contribution in [2.45, 2.75) is 45.7 Å². The summed E-state index contributed by atoms with van der Waals surface area (Å²) in [5.41, 5.74) is 0.630. The zero-order valence-corrected chi connectivity index (χ0v) is 15.0. The van der Waals surface area contributed by atoms with E-state index >= 15 is 0 Å². The molecule has 1 atom stereocenters. The van der Waals surface area contributed by atoms with Crippen molar-refractivity contribution in [3.63, 3.8) is 0 Å². The zero-order chi connectivity index (χ0) is 17.6. The Labute approximate surface area is 149 Å². The van der Waals surface area contributed by atoms with Crippen molar-refractivity contribution in [1.29, 1.82) is 5.26 Å². The smallest absolute Gasteiger partial charge is 0.147 e. The summed E-state index contributed by atoms with van der Waals surface area (Å²) in [6, 6.07) is 9.95. The first-order chi connectivity index (χ1) is 12.2. The van der Waals surface area contributed by atoms with Crippen molar-refractivity contribution >= 4 is 0 Å². The monoisotopic (exact) mass is 339 g/mol. The predicted molar refractivity (Wildman–Crippen MR) is 95.4 cm³/mol. The largest absolute Gasteiger partial charge is 0.492 e. The van der Waals surface area contributed by atoms with Crippen molar-refractivity contribution < 1.29 is 4.74 Å². The minimum atomic E-state index is 0.475. The third-order valence-corrected chi connectivity index (χ3v) is 4.71. The van der Waals surface area contributed by atoms with E-state index in [0.29, 0.717) is 18.2 Å². The lowest BCUT2D eigenvalue weighted by Crippen LogP contribution is -2.44. The second-order valence-electron chi connectivity index (χ2n) is 6.56. The van der Waals surface area contributed by atoms with E-state index in [-0.39, 0.29) is 0 Å². The zero-order valence-electron chi connectivity index (χ0n) is 15.0. The van der Waals surface area contributed by atoms with Crippen molar-refractivity contribution in [2.24, 2.45) is 0 Å². The van der Waals surface area contributed by atoms with E-state index in [1.165, 1.54) is 19.3 Å². The Morgan fingerprint density at radius 3 is 2.96 bits per heavy atom. The highest BCUT2D eigenvalue weighted by Crippen LogP contribution is 2.19. The van der Waals surface area contributed by atoms with Gasteiger partial charge in [-0.15, -0.1) is 0 Å². The van der Waals surface area contributed by atoms with Crippen molar-refractivity contribution in [3.8, 4) is 11.8 Å². The van der Waals surface area contributed by atoms with Crippen LogP contribution in [0.25, 0.3) is 0 Å². The average molecular weight is 339 g/mol. The molecule has 2 heterocycles. The molecule has 25 heavy (non-hydrogen) atoms. The van der Waals surface area contributed by atoms with Crippen LogP contribution in [0.5, 0.6) is 5.75 Å². The van der Waals surface area contributed by atoms with E-state index in [2.05, 4.69) is 21.1 Å². The molecule has 0 bridgehead atoms. The summed E-state index contributed by atoms with van der Waals surface area (Å²) in [6.45, 7) is 7.44. The molecule has 1 aromatic heterocycles. The first-order valence-corrected chi connectivity index (χ1v) is 8.91. The van der Waals surface area contributed by atoms with Crippen LogP contribution in [-0.4, -0.2) is 45.4 Å². The molecule has 2 aromatic rings. The van der Waals surface area contributed by atoms with Gasteiger partial charge in [0.2, 0.25) is 0 Å². The van der Waals surface area contributed by atoms with Crippen molar-refractivity contribution in [3.05, 3.63) is 41.5 Å². The molecule has 1 aliphatic rings. The number of hydrogen-bond acceptors (Lipinski definition) is 5. The Balaban J connectivity index is 1.56. The van der Waals surface area contributed by atoms with E-state index in [4.69, 9.17) is 10.00 Å². The molecule has 0 amide bonds. The summed E-state index contributed by atoms with van der Waals surface area (Å²) in [7, 11) is 0. The second kappa shape index (κ2) is 8.13. The van der Waals surface area contributed by atoms with Gasteiger partial charge in [0.1, 0.15) is 24.0 Å². The molecule has 0 unspecified atom stereocenters. The van der Waals surface area contributed by atoms with Gasteiger partial charge in [-0.05, 0) is 51.4 Å². The van der Waals surface area contributed by atoms with Crippen LogP contribution in [-0.2, 0) is 6.54 Å². The topological polar surface area (TPSA) is 67.0 Å². The minimum absolute atomic E-state index is 0.475. The molecule has 132 valence electrons. The Hall–Kier alpha value is -2.39. The van der Waals surface area contributed by atoms with Gasteiger partial charge in [0.25, 0.3) is 0 Å². The van der Waals surface area contributed by atoms with Crippen LogP contribution >= 0.6 is 0 Å². The summed E-state index contributed by atoms with van der Waals surface area (Å²) < 4.78 is 7.87. The molecule has 3 rings (SSSR count). The first-order valence-electron chi connectivity index (χ1n) is 8.91. The molecule has 0 radical (unpaired) electrons. The van der Waals surface area contributed by atoms with Crippen LogP contribution < -0.4 is 4.74 Å². The molecular formula is C19H25N5O. The van der Waals surface area contributed by atoms with Crippen molar-refractivity contribution in [2.75, 3.05) is 19.7 Å². The number of benzene rings is 1. The number of aromatic nitrogens is 3. The molecule has 6 nitrogen and oxygen atoms in total. The summed E-state index contributed by atoms with van der Waals surface area (Å²) in [5, 5.41) is 13.5. The maximum Gasteiger partial charge on any atom is 0.147 e. The van der Waals surface area contributed by atoms with Gasteiger partial charge < -0.3 is 4.74 Å². The maximum absolute atomic E-state index is 8.96. The quantitative estimate of drug-likeness (QED) is 0.809. The average Bonchev–Trinajstić information content (AvgIpc) is 2.94. The normalized spacial score (nSPS) is 18.0. The Bertz CT molecular complexity index is 749. The number of piperidine rings is 1. The molecule has 0 N–H and O–H groups in total. The number of hydrogen-bond donors (Lipinski definition) is 0. The Kier molecular flexibility index (Phi) is 5.67. The highest BCUT2D eigenvalue weighted by molar-refractivity contribution is 5.36. The maximum atomic E-state index is 8.96. The number of likely N-dealkylation sites (tertiary alicyclic amines) is 1.